The van der Waals surface area contributed by atoms with Gasteiger partial charge in [0.05, 0.1) is 35.7 Å². The van der Waals surface area contributed by atoms with Crippen molar-refractivity contribution in [1.82, 2.24) is 14.9 Å². The van der Waals surface area contributed by atoms with Gasteiger partial charge < -0.3 is 9.32 Å². The number of benzene rings is 2. The summed E-state index contributed by atoms with van der Waals surface area (Å²) in [6, 6.07) is 21.2. The fraction of sp³-hybridized carbons (Fsp3) is 0.0870. The van der Waals surface area contributed by atoms with Gasteiger partial charge in [0.2, 0.25) is 5.91 Å². The molecule has 0 fully saturated rings. The molecule has 0 aliphatic heterocycles. The van der Waals surface area contributed by atoms with Crippen molar-refractivity contribution in [3.05, 3.63) is 102 Å². The average Bonchev–Trinajstić information content (AvgIpc) is 3.25. The summed E-state index contributed by atoms with van der Waals surface area (Å²) in [5.41, 5.74) is 3.33. The van der Waals surface area contributed by atoms with Crippen LogP contribution in [0.3, 0.4) is 0 Å². The maximum atomic E-state index is 12.9. The number of hydrogen-bond donors (Lipinski definition) is 0. The zero-order chi connectivity index (χ0) is 19.2. The summed E-state index contributed by atoms with van der Waals surface area (Å²) >= 11 is 0. The highest BCUT2D eigenvalue weighted by molar-refractivity contribution is 5.91. The number of rotatable bonds is 6. The van der Waals surface area contributed by atoms with Crippen molar-refractivity contribution in [3.8, 4) is 0 Å². The number of para-hydroxylation sites is 2. The second kappa shape index (κ2) is 8.31. The zero-order valence-electron chi connectivity index (χ0n) is 15.2. The van der Waals surface area contributed by atoms with E-state index in [9.17, 15) is 4.79 Å². The number of nitrogens with zero attached hydrogens (tertiary/aromatic N) is 3. The number of amides is 1. The van der Waals surface area contributed by atoms with E-state index in [2.05, 4.69) is 9.97 Å². The van der Waals surface area contributed by atoms with Crippen molar-refractivity contribution in [2.24, 2.45) is 0 Å². The van der Waals surface area contributed by atoms with E-state index in [0.29, 0.717) is 18.8 Å². The molecule has 0 atom stereocenters. The van der Waals surface area contributed by atoms with Crippen molar-refractivity contribution >= 4 is 23.0 Å². The largest absolute Gasteiger partial charge is 0.467 e. The van der Waals surface area contributed by atoms with Gasteiger partial charge in [0.1, 0.15) is 5.76 Å². The Hall–Kier alpha value is -3.73. The maximum absolute atomic E-state index is 12.9. The standard InChI is InChI=1S/C23H19N3O2/c27-23(13-12-19-15-24-21-10-4-5-11-22(21)25-19)26(17-20-9-6-14-28-20)16-18-7-2-1-3-8-18/h1-15H,16-17H2/b13-12+. The minimum atomic E-state index is -0.116. The Kier molecular flexibility index (Phi) is 5.24. The summed E-state index contributed by atoms with van der Waals surface area (Å²) in [5, 5.41) is 0. The lowest BCUT2D eigenvalue weighted by Crippen LogP contribution is -2.28. The topological polar surface area (TPSA) is 59.2 Å². The molecule has 0 N–H and O–H groups in total. The predicted octanol–water partition coefficient (Wildman–Crippen LogP) is 4.47. The molecule has 0 unspecified atom stereocenters. The van der Waals surface area contributed by atoms with Crippen LogP contribution in [0.5, 0.6) is 0 Å². The number of furan rings is 1. The lowest BCUT2D eigenvalue weighted by atomic mass is 10.2. The van der Waals surface area contributed by atoms with Crippen LogP contribution in [0.2, 0.25) is 0 Å². The Morgan fingerprint density at radius 1 is 0.929 bits per heavy atom. The number of carbonyl (C=O) groups excluding carboxylic acids is 1. The minimum absolute atomic E-state index is 0.116. The zero-order valence-corrected chi connectivity index (χ0v) is 15.2. The second-order valence-corrected chi connectivity index (χ2v) is 6.38. The highest BCUT2D eigenvalue weighted by Gasteiger charge is 2.13. The van der Waals surface area contributed by atoms with Gasteiger partial charge in [-0.25, -0.2) is 4.98 Å². The molecule has 138 valence electrons. The molecule has 28 heavy (non-hydrogen) atoms. The van der Waals surface area contributed by atoms with Crippen LogP contribution in [-0.2, 0) is 17.9 Å². The van der Waals surface area contributed by atoms with Gasteiger partial charge in [-0.3, -0.25) is 9.78 Å². The molecule has 0 aliphatic rings. The van der Waals surface area contributed by atoms with Crippen LogP contribution in [0.25, 0.3) is 17.1 Å². The van der Waals surface area contributed by atoms with Gasteiger partial charge in [0.25, 0.3) is 0 Å². The number of hydrogen-bond acceptors (Lipinski definition) is 4. The fourth-order valence-corrected chi connectivity index (χ4v) is 2.92. The third-order valence-electron chi connectivity index (χ3n) is 4.32. The van der Waals surface area contributed by atoms with Crippen LogP contribution in [-0.4, -0.2) is 20.8 Å². The first-order valence-electron chi connectivity index (χ1n) is 9.03. The third-order valence-corrected chi connectivity index (χ3v) is 4.32. The fourth-order valence-electron chi connectivity index (χ4n) is 2.92. The minimum Gasteiger partial charge on any atom is -0.467 e. The van der Waals surface area contributed by atoms with Gasteiger partial charge in [-0.15, -0.1) is 0 Å². The van der Waals surface area contributed by atoms with E-state index in [1.807, 2.05) is 66.7 Å². The van der Waals surface area contributed by atoms with Gasteiger partial charge in [0, 0.05) is 12.6 Å². The Bertz CT molecular complexity index is 1090. The molecule has 2 heterocycles. The molecule has 4 rings (SSSR count). The maximum Gasteiger partial charge on any atom is 0.247 e. The SMILES string of the molecule is O=C(/C=C/c1cnc2ccccc2n1)N(Cc1ccccc1)Cc1ccco1. The number of carbonyl (C=O) groups is 1. The predicted molar refractivity (Wildman–Crippen MR) is 108 cm³/mol. The molecule has 0 saturated heterocycles. The first kappa shape index (κ1) is 17.7. The molecule has 5 heteroatoms. The van der Waals surface area contributed by atoms with E-state index in [1.54, 1.807) is 23.4 Å². The van der Waals surface area contributed by atoms with E-state index in [4.69, 9.17) is 4.42 Å². The van der Waals surface area contributed by atoms with Crippen LogP contribution in [0.1, 0.15) is 17.0 Å². The highest BCUT2D eigenvalue weighted by atomic mass is 16.3. The van der Waals surface area contributed by atoms with Crippen LogP contribution >= 0.6 is 0 Å². The lowest BCUT2D eigenvalue weighted by molar-refractivity contribution is -0.127. The number of fused-ring (bicyclic) bond motifs is 1. The van der Waals surface area contributed by atoms with E-state index >= 15 is 0 Å². The summed E-state index contributed by atoms with van der Waals surface area (Å²) < 4.78 is 5.42. The van der Waals surface area contributed by atoms with Gasteiger partial charge in [0.15, 0.2) is 0 Å². The van der Waals surface area contributed by atoms with Crippen LogP contribution in [0.15, 0.2) is 89.7 Å². The molecule has 0 bridgehead atoms. The molecule has 1 amide bonds. The Balaban J connectivity index is 1.54. The van der Waals surface area contributed by atoms with Gasteiger partial charge in [-0.1, -0.05) is 42.5 Å². The third kappa shape index (κ3) is 4.32. The molecule has 0 aliphatic carbocycles. The van der Waals surface area contributed by atoms with Crippen molar-refractivity contribution in [3.63, 3.8) is 0 Å². The van der Waals surface area contributed by atoms with E-state index < -0.39 is 0 Å². The van der Waals surface area contributed by atoms with Crippen molar-refractivity contribution in [2.45, 2.75) is 13.1 Å². The molecule has 0 saturated carbocycles. The van der Waals surface area contributed by atoms with Gasteiger partial charge in [-0.05, 0) is 35.9 Å². The first-order chi connectivity index (χ1) is 13.8. The lowest BCUT2D eigenvalue weighted by Gasteiger charge is -2.20. The summed E-state index contributed by atoms with van der Waals surface area (Å²) in [5.74, 6) is 0.624. The molecule has 4 aromatic rings. The normalized spacial score (nSPS) is 11.1. The van der Waals surface area contributed by atoms with E-state index in [1.165, 1.54) is 6.08 Å². The Morgan fingerprint density at radius 2 is 1.71 bits per heavy atom. The smallest absolute Gasteiger partial charge is 0.247 e. The quantitative estimate of drug-likeness (QED) is 0.471. The highest BCUT2D eigenvalue weighted by Crippen LogP contribution is 2.13. The van der Waals surface area contributed by atoms with Gasteiger partial charge >= 0.3 is 0 Å². The van der Waals surface area contributed by atoms with E-state index in [-0.39, 0.29) is 5.91 Å². The van der Waals surface area contributed by atoms with Crippen molar-refractivity contribution < 1.29 is 9.21 Å². The van der Waals surface area contributed by atoms with Gasteiger partial charge in [-0.2, -0.15) is 0 Å². The first-order valence-corrected chi connectivity index (χ1v) is 9.03. The summed E-state index contributed by atoms with van der Waals surface area (Å²) in [6.07, 6.45) is 6.51. The second-order valence-electron chi connectivity index (χ2n) is 6.38. The monoisotopic (exact) mass is 369 g/mol. The molecule has 0 spiro atoms. The molecule has 0 radical (unpaired) electrons. The average molecular weight is 369 g/mol. The molecule has 5 nitrogen and oxygen atoms in total. The molecular formula is C23H19N3O2. The summed E-state index contributed by atoms with van der Waals surface area (Å²) in [6.45, 7) is 0.891. The summed E-state index contributed by atoms with van der Waals surface area (Å²) in [7, 11) is 0. The number of aromatic nitrogens is 2. The van der Waals surface area contributed by atoms with E-state index in [0.717, 1.165) is 22.4 Å². The van der Waals surface area contributed by atoms with Crippen molar-refractivity contribution in [2.75, 3.05) is 0 Å². The molecule has 2 aromatic carbocycles. The Labute approximate surface area is 163 Å². The van der Waals surface area contributed by atoms with Crippen LogP contribution in [0, 0.1) is 0 Å². The molecule has 2 aromatic heterocycles. The molecular weight excluding hydrogens is 350 g/mol. The van der Waals surface area contributed by atoms with Crippen LogP contribution in [0.4, 0.5) is 0 Å². The van der Waals surface area contributed by atoms with Crippen molar-refractivity contribution in [1.29, 1.82) is 0 Å². The van der Waals surface area contributed by atoms with Crippen LogP contribution < -0.4 is 0 Å². The summed E-state index contributed by atoms with van der Waals surface area (Å²) in [4.78, 5) is 23.5. The Morgan fingerprint density at radius 3 is 2.50 bits per heavy atom.